The van der Waals surface area contributed by atoms with Crippen LogP contribution in [0.3, 0.4) is 0 Å². The van der Waals surface area contributed by atoms with Gasteiger partial charge in [-0.3, -0.25) is 14.5 Å². The fraction of sp³-hybridized carbons (Fsp3) is 0.154. The van der Waals surface area contributed by atoms with E-state index in [1.165, 1.54) is 11.8 Å². The van der Waals surface area contributed by atoms with Gasteiger partial charge in [0.15, 0.2) is 0 Å². The Morgan fingerprint density at radius 3 is 2.47 bits per heavy atom. The molecule has 0 radical (unpaired) electrons. The summed E-state index contributed by atoms with van der Waals surface area (Å²) in [6, 6.07) is 25.2. The average molecular weight is 445 g/mol. The molecular formula is C26H24N2O3S. The van der Waals surface area contributed by atoms with Crippen LogP contribution >= 0.6 is 11.8 Å². The van der Waals surface area contributed by atoms with Gasteiger partial charge < -0.3 is 10.1 Å². The summed E-state index contributed by atoms with van der Waals surface area (Å²) in [5, 5.41) is 2.93. The van der Waals surface area contributed by atoms with Crippen LogP contribution in [-0.2, 0) is 16.0 Å². The highest BCUT2D eigenvalue weighted by molar-refractivity contribution is 8.04. The Morgan fingerprint density at radius 2 is 1.72 bits per heavy atom. The summed E-state index contributed by atoms with van der Waals surface area (Å²) in [5.41, 5.74) is 2.81. The van der Waals surface area contributed by atoms with Crippen LogP contribution in [0.15, 0.2) is 88.7 Å². The smallest absolute Gasteiger partial charge is 0.265 e. The standard InChI is InChI=1S/C26H24N2O3S/c1-31-21-13-11-20(12-14-21)17-24-26(30)28(22-9-5-6-10-23(22)32-24)18-25(29)27-16-15-19-7-3-2-4-8-19/h2-14,17H,15-16,18H2,1H3,(H,27,29). The van der Waals surface area contributed by atoms with E-state index in [2.05, 4.69) is 5.32 Å². The molecule has 1 N–H and O–H groups in total. The molecule has 0 saturated carbocycles. The van der Waals surface area contributed by atoms with Gasteiger partial charge in [-0.15, -0.1) is 0 Å². The van der Waals surface area contributed by atoms with E-state index in [1.807, 2.05) is 84.9 Å². The second kappa shape index (κ2) is 10.2. The fourth-order valence-electron chi connectivity index (χ4n) is 3.46. The summed E-state index contributed by atoms with van der Waals surface area (Å²) in [6.45, 7) is 0.501. The van der Waals surface area contributed by atoms with Crippen molar-refractivity contribution in [2.24, 2.45) is 0 Å². The molecule has 0 aliphatic carbocycles. The minimum atomic E-state index is -0.181. The second-order valence-corrected chi connectivity index (χ2v) is 8.41. The van der Waals surface area contributed by atoms with Crippen LogP contribution in [0.25, 0.3) is 6.08 Å². The van der Waals surface area contributed by atoms with E-state index in [0.717, 1.165) is 33.9 Å². The Labute approximate surface area is 192 Å². The maximum atomic E-state index is 13.3. The number of carbonyl (C=O) groups excluding carboxylic acids is 2. The first kappa shape index (κ1) is 21.7. The Hall–Kier alpha value is -3.51. The van der Waals surface area contributed by atoms with Crippen molar-refractivity contribution in [3.8, 4) is 5.75 Å². The number of hydrogen-bond acceptors (Lipinski definition) is 4. The maximum Gasteiger partial charge on any atom is 0.265 e. The molecule has 0 unspecified atom stereocenters. The third kappa shape index (κ3) is 5.21. The number of benzene rings is 3. The molecule has 0 spiro atoms. The van der Waals surface area contributed by atoms with Crippen LogP contribution in [0, 0.1) is 0 Å². The van der Waals surface area contributed by atoms with Gasteiger partial charge in [-0.05, 0) is 47.9 Å². The largest absolute Gasteiger partial charge is 0.497 e. The van der Waals surface area contributed by atoms with Gasteiger partial charge in [-0.1, -0.05) is 66.4 Å². The number of anilines is 1. The van der Waals surface area contributed by atoms with E-state index in [-0.39, 0.29) is 18.4 Å². The van der Waals surface area contributed by atoms with Gasteiger partial charge in [0.2, 0.25) is 5.91 Å². The highest BCUT2D eigenvalue weighted by atomic mass is 32.2. The lowest BCUT2D eigenvalue weighted by molar-refractivity contribution is -0.122. The SMILES string of the molecule is COc1ccc(C=C2Sc3ccccc3N(CC(=O)NCCc3ccccc3)C2=O)cc1. The molecule has 1 aliphatic rings. The fourth-order valence-corrected chi connectivity index (χ4v) is 4.52. The molecule has 3 aromatic rings. The van der Waals surface area contributed by atoms with E-state index >= 15 is 0 Å². The normalized spacial score (nSPS) is 14.2. The Balaban J connectivity index is 1.49. The van der Waals surface area contributed by atoms with Crippen molar-refractivity contribution in [1.82, 2.24) is 5.32 Å². The molecule has 162 valence electrons. The molecule has 1 aliphatic heterocycles. The molecule has 0 fully saturated rings. The van der Waals surface area contributed by atoms with Crippen molar-refractivity contribution in [2.75, 3.05) is 25.1 Å². The quantitative estimate of drug-likeness (QED) is 0.544. The number of nitrogens with zero attached hydrogens (tertiary/aromatic N) is 1. The molecule has 0 aromatic heterocycles. The average Bonchev–Trinajstić information content (AvgIpc) is 2.83. The van der Waals surface area contributed by atoms with E-state index in [0.29, 0.717) is 11.4 Å². The zero-order valence-corrected chi connectivity index (χ0v) is 18.6. The summed E-state index contributed by atoms with van der Waals surface area (Å²) in [4.78, 5) is 29.0. The van der Waals surface area contributed by atoms with Crippen molar-refractivity contribution < 1.29 is 14.3 Å². The third-order valence-electron chi connectivity index (χ3n) is 5.13. The first-order valence-electron chi connectivity index (χ1n) is 10.4. The maximum absolute atomic E-state index is 13.3. The minimum absolute atomic E-state index is 0.0227. The van der Waals surface area contributed by atoms with Crippen LogP contribution < -0.4 is 15.0 Å². The number of amides is 2. The number of thioether (sulfide) groups is 1. The lowest BCUT2D eigenvalue weighted by Gasteiger charge is -2.29. The van der Waals surface area contributed by atoms with Crippen molar-refractivity contribution in [2.45, 2.75) is 11.3 Å². The molecule has 1 heterocycles. The van der Waals surface area contributed by atoms with Gasteiger partial charge in [0.05, 0.1) is 17.7 Å². The molecule has 3 aromatic carbocycles. The zero-order chi connectivity index (χ0) is 22.3. The molecule has 0 atom stereocenters. The van der Waals surface area contributed by atoms with Crippen molar-refractivity contribution in [3.05, 3.63) is 94.9 Å². The summed E-state index contributed by atoms with van der Waals surface area (Å²) >= 11 is 1.42. The number of carbonyl (C=O) groups is 2. The van der Waals surface area contributed by atoms with Crippen molar-refractivity contribution in [1.29, 1.82) is 0 Å². The number of rotatable bonds is 7. The van der Waals surface area contributed by atoms with Gasteiger partial charge in [-0.25, -0.2) is 0 Å². The van der Waals surface area contributed by atoms with E-state index in [9.17, 15) is 9.59 Å². The van der Waals surface area contributed by atoms with Gasteiger partial charge in [0.1, 0.15) is 12.3 Å². The number of ether oxygens (including phenoxy) is 1. The number of hydrogen-bond donors (Lipinski definition) is 1. The number of fused-ring (bicyclic) bond motifs is 1. The monoisotopic (exact) mass is 444 g/mol. The van der Waals surface area contributed by atoms with Crippen LogP contribution in [0.4, 0.5) is 5.69 Å². The van der Waals surface area contributed by atoms with Gasteiger partial charge >= 0.3 is 0 Å². The Kier molecular flexibility index (Phi) is 6.92. The van der Waals surface area contributed by atoms with E-state index in [4.69, 9.17) is 4.74 Å². The predicted molar refractivity (Wildman–Crippen MR) is 129 cm³/mol. The van der Waals surface area contributed by atoms with E-state index < -0.39 is 0 Å². The number of methoxy groups -OCH3 is 1. The Morgan fingerprint density at radius 1 is 1.00 bits per heavy atom. The highest BCUT2D eigenvalue weighted by Gasteiger charge is 2.30. The van der Waals surface area contributed by atoms with Crippen molar-refractivity contribution in [3.63, 3.8) is 0 Å². The predicted octanol–water partition coefficient (Wildman–Crippen LogP) is 4.53. The number of nitrogens with one attached hydrogen (secondary N) is 1. The third-order valence-corrected chi connectivity index (χ3v) is 6.20. The molecular weight excluding hydrogens is 420 g/mol. The Bertz CT molecular complexity index is 1130. The van der Waals surface area contributed by atoms with E-state index in [1.54, 1.807) is 12.0 Å². The molecule has 6 heteroatoms. The first-order chi connectivity index (χ1) is 15.6. The molecule has 0 bridgehead atoms. The van der Waals surface area contributed by atoms with Gasteiger partial charge in [0, 0.05) is 11.4 Å². The van der Waals surface area contributed by atoms with Gasteiger partial charge in [0.25, 0.3) is 5.91 Å². The zero-order valence-electron chi connectivity index (χ0n) is 17.8. The van der Waals surface area contributed by atoms with Crippen molar-refractivity contribution >= 4 is 35.3 Å². The summed E-state index contributed by atoms with van der Waals surface area (Å²) in [6.07, 6.45) is 2.60. The molecule has 2 amide bonds. The second-order valence-electron chi connectivity index (χ2n) is 7.33. The van der Waals surface area contributed by atoms with Gasteiger partial charge in [-0.2, -0.15) is 0 Å². The highest BCUT2D eigenvalue weighted by Crippen LogP contribution is 2.41. The van der Waals surface area contributed by atoms with Crippen LogP contribution in [0.1, 0.15) is 11.1 Å². The molecule has 5 nitrogen and oxygen atoms in total. The molecule has 0 saturated heterocycles. The first-order valence-corrected chi connectivity index (χ1v) is 11.2. The summed E-state index contributed by atoms with van der Waals surface area (Å²) in [7, 11) is 1.62. The summed E-state index contributed by atoms with van der Waals surface area (Å²) < 4.78 is 5.20. The summed E-state index contributed by atoms with van der Waals surface area (Å²) in [5.74, 6) is 0.399. The topological polar surface area (TPSA) is 58.6 Å². The van der Waals surface area contributed by atoms with Crippen LogP contribution in [0.2, 0.25) is 0 Å². The minimum Gasteiger partial charge on any atom is -0.497 e. The lowest BCUT2D eigenvalue weighted by Crippen LogP contribution is -2.43. The van der Waals surface area contributed by atoms with Crippen LogP contribution in [0.5, 0.6) is 5.75 Å². The molecule has 32 heavy (non-hydrogen) atoms. The lowest BCUT2D eigenvalue weighted by atomic mass is 10.1. The molecule has 4 rings (SSSR count). The number of para-hydroxylation sites is 1. The van der Waals surface area contributed by atoms with Crippen LogP contribution in [-0.4, -0.2) is 32.0 Å².